The molecule has 0 aliphatic heterocycles. The van der Waals surface area contributed by atoms with Crippen molar-refractivity contribution in [3.8, 4) is 0 Å². The summed E-state index contributed by atoms with van der Waals surface area (Å²) in [5, 5.41) is 27.1. The van der Waals surface area contributed by atoms with Crippen molar-refractivity contribution in [1.82, 2.24) is 0 Å². The van der Waals surface area contributed by atoms with Gasteiger partial charge in [-0.05, 0) is 6.92 Å². The van der Waals surface area contributed by atoms with Crippen molar-refractivity contribution in [2.75, 3.05) is 6.61 Å². The van der Waals surface area contributed by atoms with E-state index in [1.807, 2.05) is 0 Å². The summed E-state index contributed by atoms with van der Waals surface area (Å²) in [5.41, 5.74) is 12.0. The van der Waals surface area contributed by atoms with Crippen LogP contribution in [0.4, 0.5) is 0 Å². The summed E-state index contributed by atoms with van der Waals surface area (Å²) >= 11 is 0. The maximum Gasteiger partial charge on any atom is 0.156 e. The lowest BCUT2D eigenvalue weighted by Crippen LogP contribution is -2.03. The lowest BCUT2D eigenvalue weighted by atomic mass is 10.5. The molecule has 0 heterocycles. The van der Waals surface area contributed by atoms with E-state index in [0.29, 0.717) is 0 Å². The molecule has 10 heteroatoms. The molecule has 0 radical (unpaired) electrons. The van der Waals surface area contributed by atoms with E-state index < -0.39 is 6.10 Å². The Morgan fingerprint density at radius 3 is 1.47 bits per heavy atom. The fraction of sp³-hybridized carbons (Fsp3) is 0.600. The third kappa shape index (κ3) is 74.0. The summed E-state index contributed by atoms with van der Waals surface area (Å²) in [5.74, 6) is 8.99. The normalized spacial score (nSPS) is 10.9. The van der Waals surface area contributed by atoms with Crippen LogP contribution in [0.15, 0.2) is 20.4 Å². The molecule has 8 N–H and O–H groups in total. The molecule has 0 fully saturated rings. The third-order valence-corrected chi connectivity index (χ3v) is 0.513. The predicted molar refractivity (Wildman–Crippen MR) is 54.4 cm³/mol. The summed E-state index contributed by atoms with van der Waals surface area (Å²) in [6.45, 7) is 1.39. The van der Waals surface area contributed by atoms with Gasteiger partial charge in [0.2, 0.25) is 0 Å². The topological polar surface area (TPSA) is 190 Å². The molecule has 15 heavy (non-hydrogen) atoms. The zero-order valence-corrected chi connectivity index (χ0v) is 8.28. The van der Waals surface area contributed by atoms with Gasteiger partial charge in [-0.2, -0.15) is 10.2 Å². The Morgan fingerprint density at radius 1 is 1.20 bits per heavy atom. The summed E-state index contributed by atoms with van der Waals surface area (Å²) in [7, 11) is 0. The highest BCUT2D eigenvalue weighted by Crippen LogP contribution is 1.68. The first-order valence-corrected chi connectivity index (χ1v) is 3.56. The summed E-state index contributed by atoms with van der Waals surface area (Å²) in [4.78, 5) is 0. The van der Waals surface area contributed by atoms with Gasteiger partial charge in [0.05, 0.1) is 12.7 Å². The smallest absolute Gasteiger partial charge is 0.156 e. The standard InChI is InChI=1S/C3H8O2.2CH4N4/c1-3(5)2-4;2*2-4-1-5-3/h3-5H,2H2,1H3;2*1-2H,3H2. The van der Waals surface area contributed by atoms with Gasteiger partial charge in [-0.25, -0.2) is 11.1 Å². The SMILES string of the molecule is CC(O)CO.N=NC=NN.N=NC=NN. The van der Waals surface area contributed by atoms with Crippen LogP contribution in [0, 0.1) is 11.1 Å². The molecule has 0 aliphatic carbocycles. The Balaban J connectivity index is -0.000000144. The zero-order chi connectivity index (χ0) is 12.5. The average Bonchev–Trinajstić information content (AvgIpc) is 2.22. The predicted octanol–water partition coefficient (Wildman–Crippen LogP) is -0.802. The average molecular weight is 220 g/mol. The first-order chi connectivity index (χ1) is 7.10. The minimum Gasteiger partial charge on any atom is -0.394 e. The number of hydrogen-bond donors (Lipinski definition) is 6. The van der Waals surface area contributed by atoms with Crippen LogP contribution >= 0.6 is 0 Å². The van der Waals surface area contributed by atoms with Crippen molar-refractivity contribution < 1.29 is 10.2 Å². The second-order valence-corrected chi connectivity index (χ2v) is 1.82. The number of nitrogens with one attached hydrogen (secondary N) is 2. The van der Waals surface area contributed by atoms with Crippen molar-refractivity contribution in [3.63, 3.8) is 0 Å². The van der Waals surface area contributed by atoms with Crippen LogP contribution in [0.3, 0.4) is 0 Å². The lowest BCUT2D eigenvalue weighted by Gasteiger charge is -1.90. The van der Waals surface area contributed by atoms with Gasteiger partial charge in [-0.1, -0.05) is 0 Å². The van der Waals surface area contributed by atoms with Crippen molar-refractivity contribution >= 4 is 12.7 Å². The number of aliphatic hydroxyl groups is 2. The van der Waals surface area contributed by atoms with Crippen LogP contribution in [-0.4, -0.2) is 35.6 Å². The van der Waals surface area contributed by atoms with Crippen LogP contribution in [0.2, 0.25) is 0 Å². The zero-order valence-electron chi connectivity index (χ0n) is 8.28. The maximum absolute atomic E-state index is 8.11. The minimum absolute atomic E-state index is 0.139. The highest BCUT2D eigenvalue weighted by atomic mass is 16.3. The van der Waals surface area contributed by atoms with Crippen LogP contribution in [0.1, 0.15) is 6.92 Å². The van der Waals surface area contributed by atoms with Crippen molar-refractivity contribution in [2.45, 2.75) is 13.0 Å². The van der Waals surface area contributed by atoms with E-state index in [4.69, 9.17) is 21.3 Å². The lowest BCUT2D eigenvalue weighted by molar-refractivity contribution is 0.110. The molecule has 0 aromatic heterocycles. The minimum atomic E-state index is -0.560. The van der Waals surface area contributed by atoms with Crippen molar-refractivity contribution in [1.29, 1.82) is 11.1 Å². The first kappa shape index (κ1) is 18.8. The highest BCUT2D eigenvalue weighted by molar-refractivity contribution is 5.53. The third-order valence-electron chi connectivity index (χ3n) is 0.513. The maximum atomic E-state index is 8.11. The van der Waals surface area contributed by atoms with E-state index in [0.717, 1.165) is 12.7 Å². The summed E-state index contributed by atoms with van der Waals surface area (Å²) in [6.07, 6.45) is 1.33. The molecule has 1 unspecified atom stereocenters. The summed E-state index contributed by atoms with van der Waals surface area (Å²) in [6, 6.07) is 0. The fourth-order valence-corrected chi connectivity index (χ4v) is 0.0667. The van der Waals surface area contributed by atoms with Gasteiger partial charge in [-0.3, -0.25) is 0 Å². The molecule has 1 atom stereocenters. The molecule has 0 saturated carbocycles. The van der Waals surface area contributed by atoms with Gasteiger partial charge in [-0.15, -0.1) is 10.2 Å². The molecule has 0 bridgehead atoms. The van der Waals surface area contributed by atoms with Gasteiger partial charge in [0.15, 0.2) is 12.7 Å². The first-order valence-electron chi connectivity index (χ1n) is 3.56. The van der Waals surface area contributed by atoms with Crippen molar-refractivity contribution in [3.05, 3.63) is 0 Å². The molecule has 0 aliphatic rings. The Hall–Kier alpha value is -1.94. The second kappa shape index (κ2) is 22.7. The Morgan fingerprint density at radius 2 is 1.47 bits per heavy atom. The van der Waals surface area contributed by atoms with E-state index in [2.05, 4.69) is 32.1 Å². The van der Waals surface area contributed by atoms with Crippen LogP contribution in [-0.2, 0) is 0 Å². The molecule has 0 spiro atoms. The molecule has 0 aromatic carbocycles. The Kier molecular flexibility index (Phi) is 28.4. The van der Waals surface area contributed by atoms with Gasteiger partial charge in [0, 0.05) is 0 Å². The molecule has 0 amide bonds. The van der Waals surface area contributed by atoms with Crippen molar-refractivity contribution in [2.24, 2.45) is 32.1 Å². The van der Waals surface area contributed by atoms with E-state index >= 15 is 0 Å². The number of hydrogen-bond acceptors (Lipinski definition) is 8. The van der Waals surface area contributed by atoms with Gasteiger partial charge < -0.3 is 21.9 Å². The number of nitrogens with zero attached hydrogens (tertiary/aromatic N) is 4. The Bertz CT molecular complexity index is 164. The van der Waals surface area contributed by atoms with E-state index in [1.165, 1.54) is 6.92 Å². The molecular formula is C5H16N8O2. The van der Waals surface area contributed by atoms with Crippen LogP contribution in [0.25, 0.3) is 0 Å². The second-order valence-electron chi connectivity index (χ2n) is 1.82. The van der Waals surface area contributed by atoms with E-state index in [-0.39, 0.29) is 6.61 Å². The van der Waals surface area contributed by atoms with E-state index in [1.54, 1.807) is 0 Å². The molecular weight excluding hydrogens is 204 g/mol. The number of hydrazone groups is 2. The molecule has 0 aromatic rings. The number of rotatable bonds is 3. The van der Waals surface area contributed by atoms with Gasteiger partial charge >= 0.3 is 0 Å². The van der Waals surface area contributed by atoms with Crippen LogP contribution < -0.4 is 11.7 Å². The fourth-order valence-electron chi connectivity index (χ4n) is 0.0667. The largest absolute Gasteiger partial charge is 0.394 e. The quantitative estimate of drug-likeness (QED) is 0.119. The molecule has 0 rings (SSSR count). The monoisotopic (exact) mass is 220 g/mol. The van der Waals surface area contributed by atoms with Gasteiger partial charge in [0.25, 0.3) is 0 Å². The Labute approximate surface area is 86.7 Å². The highest BCUT2D eigenvalue weighted by Gasteiger charge is 1.83. The number of aliphatic hydroxyl groups excluding tert-OH is 2. The van der Waals surface area contributed by atoms with Gasteiger partial charge in [0.1, 0.15) is 0 Å². The molecule has 88 valence electrons. The van der Waals surface area contributed by atoms with E-state index in [9.17, 15) is 0 Å². The molecule has 10 nitrogen and oxygen atoms in total. The van der Waals surface area contributed by atoms with Crippen LogP contribution in [0.5, 0.6) is 0 Å². The molecule has 0 saturated heterocycles. The summed E-state index contributed by atoms with van der Waals surface area (Å²) < 4.78 is 0. The number of nitrogens with two attached hydrogens (primary N) is 2.